The number of carbonyl (C=O) groups excluding carboxylic acids is 1. The number of nitrogens with one attached hydrogen (secondary N) is 1. The number of aliphatic carboxylic acids is 1. The number of hydrogen-bond donors (Lipinski definition) is 2. The third-order valence-electron chi connectivity index (χ3n) is 3.13. The highest BCUT2D eigenvalue weighted by molar-refractivity contribution is 6.08. The van der Waals surface area contributed by atoms with Crippen LogP contribution in [-0.4, -0.2) is 37.8 Å². The van der Waals surface area contributed by atoms with E-state index in [4.69, 9.17) is 19.3 Å². The molecule has 24 heavy (non-hydrogen) atoms. The summed E-state index contributed by atoms with van der Waals surface area (Å²) in [5.74, 6) is -0.258. The van der Waals surface area contributed by atoms with Crippen LogP contribution in [0, 0.1) is 0 Å². The topological polar surface area (TPSA) is 94.1 Å². The van der Waals surface area contributed by atoms with Crippen molar-refractivity contribution in [2.45, 2.75) is 0 Å². The van der Waals surface area contributed by atoms with Gasteiger partial charge in [0.2, 0.25) is 0 Å². The molecule has 2 N–H and O–H groups in total. The van der Waals surface area contributed by atoms with E-state index >= 15 is 0 Å². The molecule has 0 aliphatic carbocycles. The summed E-state index contributed by atoms with van der Waals surface area (Å²) in [6, 6.07) is 11.4. The lowest BCUT2D eigenvalue weighted by Crippen LogP contribution is -2.14. The molecule has 2 aromatic rings. The van der Waals surface area contributed by atoms with Crippen molar-refractivity contribution in [1.82, 2.24) is 0 Å². The van der Waals surface area contributed by atoms with Gasteiger partial charge in [0.05, 0.1) is 14.2 Å². The smallest absolute Gasteiger partial charge is 0.341 e. The SMILES string of the molecule is COc1cccc(OC)c1C(=O)Nc1ccc(OCC(=O)O)cc1. The van der Waals surface area contributed by atoms with E-state index < -0.39 is 12.6 Å². The maximum Gasteiger partial charge on any atom is 0.341 e. The van der Waals surface area contributed by atoms with Crippen molar-refractivity contribution in [3.63, 3.8) is 0 Å². The van der Waals surface area contributed by atoms with Crippen molar-refractivity contribution >= 4 is 17.6 Å². The zero-order valence-electron chi connectivity index (χ0n) is 13.2. The standard InChI is InChI=1S/C17H17NO6/c1-22-13-4-3-5-14(23-2)16(13)17(21)18-11-6-8-12(9-7-11)24-10-15(19)20/h3-9H,10H2,1-2H3,(H,18,21)(H,19,20). The summed E-state index contributed by atoms with van der Waals surface area (Å²) in [7, 11) is 2.94. The molecule has 126 valence electrons. The minimum Gasteiger partial charge on any atom is -0.496 e. The molecular formula is C17H17NO6. The highest BCUT2D eigenvalue weighted by Crippen LogP contribution is 2.29. The van der Waals surface area contributed by atoms with Crippen molar-refractivity contribution in [2.75, 3.05) is 26.1 Å². The van der Waals surface area contributed by atoms with Gasteiger partial charge in [0.1, 0.15) is 22.8 Å². The van der Waals surface area contributed by atoms with Crippen LogP contribution in [0.3, 0.4) is 0 Å². The van der Waals surface area contributed by atoms with Gasteiger partial charge in [-0.05, 0) is 36.4 Å². The molecule has 7 nitrogen and oxygen atoms in total. The lowest BCUT2D eigenvalue weighted by atomic mass is 10.1. The summed E-state index contributed by atoms with van der Waals surface area (Å²) >= 11 is 0. The molecular weight excluding hydrogens is 314 g/mol. The van der Waals surface area contributed by atoms with Gasteiger partial charge in [-0.2, -0.15) is 0 Å². The van der Waals surface area contributed by atoms with E-state index in [0.29, 0.717) is 22.9 Å². The van der Waals surface area contributed by atoms with E-state index in [1.54, 1.807) is 42.5 Å². The molecule has 0 aromatic heterocycles. The lowest BCUT2D eigenvalue weighted by Gasteiger charge is -2.13. The van der Waals surface area contributed by atoms with Crippen LogP contribution in [0.4, 0.5) is 5.69 Å². The molecule has 0 heterocycles. The number of carboxylic acid groups (broad SMARTS) is 1. The molecule has 0 fully saturated rings. The largest absolute Gasteiger partial charge is 0.496 e. The monoisotopic (exact) mass is 331 g/mol. The summed E-state index contributed by atoms with van der Waals surface area (Å²) in [6.45, 7) is -0.426. The summed E-state index contributed by atoms with van der Waals surface area (Å²) in [6.07, 6.45) is 0. The fourth-order valence-electron chi connectivity index (χ4n) is 2.05. The van der Waals surface area contributed by atoms with Crippen molar-refractivity contribution in [3.05, 3.63) is 48.0 Å². The van der Waals surface area contributed by atoms with Crippen molar-refractivity contribution in [3.8, 4) is 17.2 Å². The van der Waals surface area contributed by atoms with Gasteiger partial charge in [-0.1, -0.05) is 6.07 Å². The second-order valence-corrected chi connectivity index (χ2v) is 4.70. The minimum atomic E-state index is -1.06. The second kappa shape index (κ2) is 7.87. The molecule has 0 aliphatic heterocycles. The molecule has 0 aliphatic rings. The van der Waals surface area contributed by atoms with Gasteiger partial charge in [-0.25, -0.2) is 4.79 Å². The first-order chi connectivity index (χ1) is 11.5. The number of rotatable bonds is 7. The molecule has 0 radical (unpaired) electrons. The normalized spacial score (nSPS) is 9.92. The fraction of sp³-hybridized carbons (Fsp3) is 0.176. The second-order valence-electron chi connectivity index (χ2n) is 4.70. The van der Waals surface area contributed by atoms with Crippen LogP contribution >= 0.6 is 0 Å². The van der Waals surface area contributed by atoms with E-state index in [1.807, 2.05) is 0 Å². The first-order valence-electron chi connectivity index (χ1n) is 7.02. The van der Waals surface area contributed by atoms with Crippen LogP contribution in [0.15, 0.2) is 42.5 Å². The number of carboxylic acids is 1. The van der Waals surface area contributed by atoms with Crippen molar-refractivity contribution in [2.24, 2.45) is 0 Å². The molecule has 0 saturated carbocycles. The molecule has 2 rings (SSSR count). The number of benzene rings is 2. The van der Waals surface area contributed by atoms with Gasteiger partial charge >= 0.3 is 5.97 Å². The molecule has 2 aromatic carbocycles. The van der Waals surface area contributed by atoms with Crippen molar-refractivity contribution < 1.29 is 28.9 Å². The maximum absolute atomic E-state index is 12.5. The molecule has 7 heteroatoms. The summed E-state index contributed by atoms with van der Waals surface area (Å²) in [4.78, 5) is 23.0. The third-order valence-corrected chi connectivity index (χ3v) is 3.13. The Bertz CT molecular complexity index is 704. The van der Waals surface area contributed by atoms with Crippen molar-refractivity contribution in [1.29, 1.82) is 0 Å². The Morgan fingerprint density at radius 3 is 2.08 bits per heavy atom. The summed E-state index contributed by atoms with van der Waals surface area (Å²) in [5.41, 5.74) is 0.810. The van der Waals surface area contributed by atoms with Crippen LogP contribution < -0.4 is 19.5 Å². The number of carbonyl (C=O) groups is 2. The number of amides is 1. The number of ether oxygens (including phenoxy) is 3. The van der Waals surface area contributed by atoms with Gasteiger partial charge in [-0.15, -0.1) is 0 Å². The van der Waals surface area contributed by atoms with Crippen LogP contribution in [-0.2, 0) is 4.79 Å². The van der Waals surface area contributed by atoms with E-state index in [0.717, 1.165) is 0 Å². The average Bonchev–Trinajstić information content (AvgIpc) is 2.60. The van der Waals surface area contributed by atoms with Gasteiger partial charge < -0.3 is 24.6 Å². The van der Waals surface area contributed by atoms with Gasteiger partial charge in [-0.3, -0.25) is 4.79 Å². The quantitative estimate of drug-likeness (QED) is 0.809. The Morgan fingerprint density at radius 1 is 1.00 bits per heavy atom. The van der Waals surface area contributed by atoms with Crippen LogP contribution in [0.2, 0.25) is 0 Å². The van der Waals surface area contributed by atoms with Crippen LogP contribution in [0.5, 0.6) is 17.2 Å². The number of hydrogen-bond acceptors (Lipinski definition) is 5. The minimum absolute atomic E-state index is 0.286. The predicted molar refractivity (Wildman–Crippen MR) is 87.1 cm³/mol. The Labute approximate surface area is 138 Å². The molecule has 0 spiro atoms. The Morgan fingerprint density at radius 2 is 1.58 bits per heavy atom. The van der Waals surface area contributed by atoms with Gasteiger partial charge in [0.25, 0.3) is 5.91 Å². The van der Waals surface area contributed by atoms with Gasteiger partial charge in [0, 0.05) is 5.69 Å². The summed E-state index contributed by atoms with van der Waals surface area (Å²) in [5, 5.41) is 11.3. The maximum atomic E-state index is 12.5. The first-order valence-corrected chi connectivity index (χ1v) is 7.02. The molecule has 0 unspecified atom stereocenters. The summed E-state index contributed by atoms with van der Waals surface area (Å²) < 4.78 is 15.4. The van der Waals surface area contributed by atoms with E-state index in [9.17, 15) is 9.59 Å². The predicted octanol–water partition coefficient (Wildman–Crippen LogP) is 2.42. The highest BCUT2D eigenvalue weighted by Gasteiger charge is 2.18. The molecule has 0 bridgehead atoms. The van der Waals surface area contributed by atoms with E-state index in [2.05, 4.69) is 5.32 Å². The van der Waals surface area contributed by atoms with Gasteiger partial charge in [0.15, 0.2) is 6.61 Å². The Hall–Kier alpha value is -3.22. The Balaban J connectivity index is 2.14. The molecule has 0 atom stereocenters. The highest BCUT2D eigenvalue weighted by atomic mass is 16.5. The van der Waals surface area contributed by atoms with Crippen LogP contribution in [0.1, 0.15) is 10.4 Å². The average molecular weight is 331 g/mol. The third kappa shape index (κ3) is 4.16. The Kier molecular flexibility index (Phi) is 5.62. The zero-order valence-corrected chi connectivity index (χ0v) is 13.2. The van der Waals surface area contributed by atoms with Crippen LogP contribution in [0.25, 0.3) is 0 Å². The molecule has 0 saturated heterocycles. The molecule has 1 amide bonds. The number of anilines is 1. The number of methoxy groups -OCH3 is 2. The zero-order chi connectivity index (χ0) is 17.5. The van der Waals surface area contributed by atoms with E-state index in [-0.39, 0.29) is 11.5 Å². The lowest BCUT2D eigenvalue weighted by molar-refractivity contribution is -0.139. The fourth-order valence-corrected chi connectivity index (χ4v) is 2.05. The first kappa shape index (κ1) is 17.1. The van der Waals surface area contributed by atoms with E-state index in [1.165, 1.54) is 14.2 Å².